The molecule has 0 spiro atoms. The van der Waals surface area contributed by atoms with Crippen LogP contribution in [0.15, 0.2) is 194 Å². The summed E-state index contributed by atoms with van der Waals surface area (Å²) in [5.41, 5.74) is 8.81. The lowest BCUT2D eigenvalue weighted by atomic mass is 9.97. The first-order valence-electron chi connectivity index (χ1n) is 20.9. The van der Waals surface area contributed by atoms with Crippen LogP contribution in [0.25, 0.3) is 104 Å². The van der Waals surface area contributed by atoms with Crippen molar-refractivity contribution in [1.29, 1.82) is 0 Å². The summed E-state index contributed by atoms with van der Waals surface area (Å²) in [7, 11) is 0. The predicted octanol–water partition coefficient (Wildman–Crippen LogP) is 13.7. The molecule has 0 aliphatic rings. The number of rotatable bonds is 6. The van der Waals surface area contributed by atoms with E-state index in [2.05, 4.69) is 132 Å². The van der Waals surface area contributed by atoms with Gasteiger partial charge in [-0.15, -0.1) is 11.3 Å². The van der Waals surface area contributed by atoms with Crippen LogP contribution < -0.4 is 0 Å². The van der Waals surface area contributed by atoms with Crippen molar-refractivity contribution in [2.24, 2.45) is 0 Å². The molecular weight excluding hydrogens is 701 g/mol. The van der Waals surface area contributed by atoms with Gasteiger partial charge in [0.05, 0.1) is 17.9 Å². The first kappa shape index (κ1) is 27.4. The molecule has 0 saturated heterocycles. The zero-order chi connectivity index (χ0) is 41.4. The van der Waals surface area contributed by atoms with Gasteiger partial charge in [-0.25, -0.2) is 15.0 Å². The Morgan fingerprint density at radius 1 is 0.393 bits per heavy atom. The van der Waals surface area contributed by atoms with Gasteiger partial charge >= 0.3 is 0 Å². The molecule has 0 unspecified atom stereocenters. The van der Waals surface area contributed by atoms with E-state index in [0.717, 1.165) is 75.5 Å². The van der Waals surface area contributed by atoms with Gasteiger partial charge in [-0.05, 0) is 52.6 Å². The second-order valence-electron chi connectivity index (χ2n) is 13.6. The normalized spacial score (nSPS) is 12.8. The Labute approximate surface area is 334 Å². The molecule has 3 heterocycles. The van der Waals surface area contributed by atoms with E-state index in [0.29, 0.717) is 17.2 Å². The summed E-state index contributed by atoms with van der Waals surface area (Å²) in [5.74, 6) is 0.639. The monoisotopic (exact) mass is 737 g/mol. The van der Waals surface area contributed by atoms with Gasteiger partial charge in [0.15, 0.2) is 17.5 Å². The number of thiophene rings is 1. The van der Waals surface area contributed by atoms with Crippen molar-refractivity contribution in [3.8, 4) is 62.1 Å². The smallest absolute Gasteiger partial charge is 0.165 e. The molecule has 5 heteroatoms. The lowest BCUT2D eigenvalue weighted by molar-refractivity contribution is 1.07. The summed E-state index contributed by atoms with van der Waals surface area (Å²) < 4.78 is 47.4. The van der Waals surface area contributed by atoms with E-state index in [4.69, 9.17) is 21.8 Å². The Hall–Kier alpha value is -7.21. The molecule has 56 heavy (non-hydrogen) atoms. The summed E-state index contributed by atoms with van der Waals surface area (Å²) in [5, 5.41) is 4.35. The van der Waals surface area contributed by atoms with Gasteiger partial charge in [0.2, 0.25) is 0 Å². The van der Waals surface area contributed by atoms with Gasteiger partial charge in [0.25, 0.3) is 0 Å². The molecular formula is C51H32N4S. The van der Waals surface area contributed by atoms with E-state index >= 15 is 0 Å². The second-order valence-corrected chi connectivity index (χ2v) is 14.7. The molecule has 0 atom stereocenters. The van der Waals surface area contributed by atoms with Crippen LogP contribution in [0, 0.1) is 0 Å². The standard InChI is InChI=1S/C51H32N4S/c1-4-16-33(17-5-1)36-22-14-23-37(30-36)39-26-15-27-42-43-31-38(55-45-28-12-10-24-40(45)41-25-11-13-29-46(41)55)32-44(48(43)56-47(39)42)51-53-49(34-18-6-2-7-19-34)52-50(54-51)35-20-8-3-9-21-35/h1-32H/i2D,6D,7D,18D,19D. The number of nitrogens with zero attached hydrogens (tertiary/aromatic N) is 4. The quantitative estimate of drug-likeness (QED) is 0.171. The van der Waals surface area contributed by atoms with E-state index < -0.39 is 18.1 Å². The van der Waals surface area contributed by atoms with Gasteiger partial charge < -0.3 is 4.57 Å². The van der Waals surface area contributed by atoms with Crippen LogP contribution in [0.5, 0.6) is 0 Å². The maximum Gasteiger partial charge on any atom is 0.165 e. The second kappa shape index (κ2) is 13.3. The van der Waals surface area contributed by atoms with Crippen molar-refractivity contribution in [2.45, 2.75) is 0 Å². The first-order chi connectivity index (χ1) is 29.8. The molecule has 0 aliphatic carbocycles. The highest BCUT2D eigenvalue weighted by molar-refractivity contribution is 7.26. The Balaban J connectivity index is 1.24. The van der Waals surface area contributed by atoms with Gasteiger partial charge in [-0.2, -0.15) is 0 Å². The fourth-order valence-corrected chi connectivity index (χ4v) is 9.12. The Bertz CT molecular complexity index is 3470. The van der Waals surface area contributed by atoms with Crippen LogP contribution >= 0.6 is 11.3 Å². The van der Waals surface area contributed by atoms with Crippen molar-refractivity contribution in [3.63, 3.8) is 0 Å². The number of hydrogen-bond acceptors (Lipinski definition) is 4. The predicted molar refractivity (Wildman–Crippen MR) is 234 cm³/mol. The van der Waals surface area contributed by atoms with E-state index in [1.165, 1.54) is 0 Å². The molecule has 11 rings (SSSR count). The zero-order valence-corrected chi connectivity index (χ0v) is 30.6. The molecule has 262 valence electrons. The van der Waals surface area contributed by atoms with Crippen molar-refractivity contribution < 1.29 is 6.85 Å². The fraction of sp³-hybridized carbons (Fsp3) is 0. The topological polar surface area (TPSA) is 43.6 Å². The third kappa shape index (κ3) is 5.40. The van der Waals surface area contributed by atoms with Crippen LogP contribution in [0.2, 0.25) is 0 Å². The van der Waals surface area contributed by atoms with Gasteiger partial charge in [0, 0.05) is 53.3 Å². The highest BCUT2D eigenvalue weighted by Gasteiger charge is 2.21. The van der Waals surface area contributed by atoms with Crippen LogP contribution in [0.1, 0.15) is 6.85 Å². The van der Waals surface area contributed by atoms with Crippen LogP contribution in [-0.2, 0) is 0 Å². The number of hydrogen-bond donors (Lipinski definition) is 0. The summed E-state index contributed by atoms with van der Waals surface area (Å²) in [6, 6.07) is 53.9. The lowest BCUT2D eigenvalue weighted by Crippen LogP contribution is -2.01. The van der Waals surface area contributed by atoms with Gasteiger partial charge in [-0.1, -0.05) is 164 Å². The van der Waals surface area contributed by atoms with E-state index in [9.17, 15) is 0 Å². The molecule has 3 aromatic heterocycles. The third-order valence-corrected chi connectivity index (χ3v) is 11.6. The molecule has 11 aromatic rings. The molecule has 0 saturated carbocycles. The van der Waals surface area contributed by atoms with Crippen LogP contribution in [0.3, 0.4) is 0 Å². The molecule has 0 amide bonds. The largest absolute Gasteiger partial charge is 0.309 e. The molecule has 0 radical (unpaired) electrons. The van der Waals surface area contributed by atoms with E-state index in [1.54, 1.807) is 11.3 Å². The van der Waals surface area contributed by atoms with Crippen LogP contribution in [0.4, 0.5) is 0 Å². The average molecular weight is 738 g/mol. The van der Waals surface area contributed by atoms with E-state index in [-0.39, 0.29) is 23.5 Å². The summed E-state index contributed by atoms with van der Waals surface area (Å²) in [6.07, 6.45) is 0. The Kier molecular flexibility index (Phi) is 6.49. The molecule has 0 fully saturated rings. The zero-order valence-electron chi connectivity index (χ0n) is 34.8. The minimum atomic E-state index is -0.479. The van der Waals surface area contributed by atoms with Crippen molar-refractivity contribution in [1.82, 2.24) is 19.5 Å². The van der Waals surface area contributed by atoms with Crippen molar-refractivity contribution in [2.75, 3.05) is 0 Å². The lowest BCUT2D eigenvalue weighted by Gasteiger charge is -2.13. The minimum absolute atomic E-state index is 0.00389. The molecule has 0 aliphatic heterocycles. The maximum atomic E-state index is 8.91. The third-order valence-electron chi connectivity index (χ3n) is 10.3. The Morgan fingerprint density at radius 3 is 1.68 bits per heavy atom. The van der Waals surface area contributed by atoms with Crippen molar-refractivity contribution in [3.05, 3.63) is 194 Å². The Morgan fingerprint density at radius 2 is 0.946 bits per heavy atom. The van der Waals surface area contributed by atoms with Crippen LogP contribution in [-0.4, -0.2) is 19.5 Å². The van der Waals surface area contributed by atoms with E-state index in [1.807, 2.05) is 36.4 Å². The van der Waals surface area contributed by atoms with Gasteiger partial charge in [0.1, 0.15) is 0 Å². The number of aromatic nitrogens is 4. The number of fused-ring (bicyclic) bond motifs is 6. The summed E-state index contributed by atoms with van der Waals surface area (Å²) in [4.78, 5) is 15.0. The minimum Gasteiger partial charge on any atom is -0.309 e. The molecule has 0 bridgehead atoms. The fourth-order valence-electron chi connectivity index (χ4n) is 7.79. The maximum absolute atomic E-state index is 8.91. The molecule has 8 aromatic carbocycles. The number of para-hydroxylation sites is 2. The molecule has 0 N–H and O–H groups in total. The summed E-state index contributed by atoms with van der Waals surface area (Å²) >= 11 is 1.67. The summed E-state index contributed by atoms with van der Waals surface area (Å²) in [6.45, 7) is 0. The number of benzene rings is 8. The highest BCUT2D eigenvalue weighted by atomic mass is 32.1. The van der Waals surface area contributed by atoms with Gasteiger partial charge in [-0.3, -0.25) is 0 Å². The first-order valence-corrected chi connectivity index (χ1v) is 19.2. The highest BCUT2D eigenvalue weighted by Crippen LogP contribution is 2.46. The molecule has 4 nitrogen and oxygen atoms in total. The van der Waals surface area contributed by atoms with Crippen molar-refractivity contribution >= 4 is 53.3 Å². The SMILES string of the molecule is [2H]c1c([2H])c([2H])c(-c2nc(-c3ccccc3)nc(-c3cc(-n4c5ccccc5c5ccccc54)cc4c3sc3c(-c5cccc(-c6ccccc6)c5)cccc34)n2)c([2H])c1[2H]. The average Bonchev–Trinajstić information content (AvgIpc) is 3.86.